The Kier molecular flexibility index (Phi) is 4.77. The zero-order chi connectivity index (χ0) is 19.8. The van der Waals surface area contributed by atoms with Gasteiger partial charge in [0.25, 0.3) is 5.91 Å². The summed E-state index contributed by atoms with van der Waals surface area (Å²) in [5.41, 5.74) is 5.55. The fourth-order valence-electron chi connectivity index (χ4n) is 4.03. The van der Waals surface area contributed by atoms with E-state index in [1.165, 1.54) is 11.1 Å². The van der Waals surface area contributed by atoms with E-state index in [2.05, 4.69) is 37.9 Å². The minimum atomic E-state index is -0.501. The van der Waals surface area contributed by atoms with Gasteiger partial charge in [-0.3, -0.25) is 9.59 Å². The highest BCUT2D eigenvalue weighted by Crippen LogP contribution is 2.34. The van der Waals surface area contributed by atoms with Gasteiger partial charge < -0.3 is 15.0 Å². The zero-order valence-corrected chi connectivity index (χ0v) is 16.2. The molecule has 2 aromatic carbocycles. The van der Waals surface area contributed by atoms with Crippen LogP contribution in [-0.4, -0.2) is 42.0 Å². The number of hydrogen-bond donors (Lipinski definition) is 1. The number of nitrogens with zero attached hydrogens (tertiary/aromatic N) is 1. The molecule has 28 heavy (non-hydrogen) atoms. The molecule has 2 aromatic rings. The average Bonchev–Trinajstić information content (AvgIpc) is 3.09. The lowest BCUT2D eigenvalue weighted by Crippen LogP contribution is -2.40. The van der Waals surface area contributed by atoms with Crippen molar-refractivity contribution in [2.24, 2.45) is 0 Å². The van der Waals surface area contributed by atoms with Crippen molar-refractivity contribution in [1.29, 1.82) is 0 Å². The third-order valence-electron chi connectivity index (χ3n) is 5.70. The number of anilines is 1. The molecule has 2 aliphatic rings. The molecule has 144 valence electrons. The number of carbonyl (C=O) groups is 2. The van der Waals surface area contributed by atoms with Crippen LogP contribution in [0.2, 0.25) is 0 Å². The standard InChI is InChI=1S/C23H24N2O3/c1-4-10-28-17-12-21-22(26)24-20-9-8-16(11-19(20)23(27)25(21)13-17)18-7-5-6-14(2)15(18)3/h4-9,11,17,21H,1,10,12-13H2,2-3H3,(H,24,26)/t17-,21+/m1/s1. The fourth-order valence-corrected chi connectivity index (χ4v) is 4.03. The van der Waals surface area contributed by atoms with Crippen molar-refractivity contribution in [1.82, 2.24) is 4.90 Å². The summed E-state index contributed by atoms with van der Waals surface area (Å²) in [4.78, 5) is 27.6. The summed E-state index contributed by atoms with van der Waals surface area (Å²) in [6.45, 7) is 8.64. The van der Waals surface area contributed by atoms with Crippen LogP contribution in [0.15, 0.2) is 49.1 Å². The molecule has 2 heterocycles. The molecule has 0 aromatic heterocycles. The van der Waals surface area contributed by atoms with Gasteiger partial charge >= 0.3 is 0 Å². The summed E-state index contributed by atoms with van der Waals surface area (Å²) >= 11 is 0. The molecule has 2 atom stereocenters. The predicted molar refractivity (Wildman–Crippen MR) is 109 cm³/mol. The number of ether oxygens (including phenoxy) is 1. The lowest BCUT2D eigenvalue weighted by molar-refractivity contribution is -0.119. The van der Waals surface area contributed by atoms with E-state index in [0.29, 0.717) is 30.8 Å². The van der Waals surface area contributed by atoms with Crippen LogP contribution in [0.25, 0.3) is 11.1 Å². The Morgan fingerprint density at radius 2 is 2.04 bits per heavy atom. The molecule has 0 saturated carbocycles. The first kappa shape index (κ1) is 18.4. The molecule has 2 amide bonds. The highest BCUT2D eigenvalue weighted by atomic mass is 16.5. The number of nitrogens with one attached hydrogen (secondary N) is 1. The van der Waals surface area contributed by atoms with Crippen molar-refractivity contribution in [2.75, 3.05) is 18.5 Å². The van der Waals surface area contributed by atoms with E-state index in [9.17, 15) is 9.59 Å². The normalized spacial score (nSPS) is 21.0. The SMILES string of the molecule is C=CCO[C@@H]1C[C@H]2C(=O)Nc3ccc(-c4cccc(C)c4C)cc3C(=O)N2C1. The summed E-state index contributed by atoms with van der Waals surface area (Å²) in [5, 5.41) is 2.93. The summed E-state index contributed by atoms with van der Waals surface area (Å²) in [7, 11) is 0. The average molecular weight is 376 g/mol. The zero-order valence-electron chi connectivity index (χ0n) is 16.2. The van der Waals surface area contributed by atoms with Crippen molar-refractivity contribution in [2.45, 2.75) is 32.4 Å². The highest BCUT2D eigenvalue weighted by molar-refractivity contribution is 6.10. The van der Waals surface area contributed by atoms with Gasteiger partial charge in [0.2, 0.25) is 5.91 Å². The van der Waals surface area contributed by atoms with Crippen LogP contribution in [-0.2, 0) is 9.53 Å². The molecular formula is C23H24N2O3. The van der Waals surface area contributed by atoms with Crippen molar-refractivity contribution in [3.63, 3.8) is 0 Å². The maximum Gasteiger partial charge on any atom is 0.256 e. The van der Waals surface area contributed by atoms with Crippen LogP contribution in [0, 0.1) is 13.8 Å². The number of carbonyl (C=O) groups excluding carboxylic acids is 2. The van der Waals surface area contributed by atoms with Crippen molar-refractivity contribution in [3.8, 4) is 11.1 Å². The smallest absolute Gasteiger partial charge is 0.256 e. The molecule has 0 spiro atoms. The summed E-state index contributed by atoms with van der Waals surface area (Å²) < 4.78 is 5.70. The third-order valence-corrected chi connectivity index (χ3v) is 5.70. The molecule has 0 aliphatic carbocycles. The monoisotopic (exact) mass is 376 g/mol. The lowest BCUT2D eigenvalue weighted by atomic mass is 9.95. The van der Waals surface area contributed by atoms with Gasteiger partial charge in [-0.2, -0.15) is 0 Å². The Morgan fingerprint density at radius 3 is 2.82 bits per heavy atom. The van der Waals surface area contributed by atoms with Gasteiger partial charge in [0.05, 0.1) is 24.0 Å². The van der Waals surface area contributed by atoms with E-state index >= 15 is 0 Å². The number of fused-ring (bicyclic) bond motifs is 2. The number of hydrogen-bond acceptors (Lipinski definition) is 3. The van der Waals surface area contributed by atoms with Crippen LogP contribution in [0.4, 0.5) is 5.69 Å². The van der Waals surface area contributed by atoms with Gasteiger partial charge in [0.1, 0.15) is 6.04 Å². The molecule has 0 bridgehead atoms. The summed E-state index contributed by atoms with van der Waals surface area (Å²) in [5.74, 6) is -0.286. The van der Waals surface area contributed by atoms with Crippen LogP contribution in [0.5, 0.6) is 0 Å². The Bertz CT molecular complexity index is 966. The number of aryl methyl sites for hydroxylation is 1. The van der Waals surface area contributed by atoms with Crippen molar-refractivity contribution < 1.29 is 14.3 Å². The molecule has 2 aliphatic heterocycles. The molecule has 1 saturated heterocycles. The molecule has 5 nitrogen and oxygen atoms in total. The van der Waals surface area contributed by atoms with Gasteiger partial charge in [-0.1, -0.05) is 30.3 Å². The van der Waals surface area contributed by atoms with Crippen LogP contribution < -0.4 is 5.32 Å². The maximum atomic E-state index is 13.3. The Morgan fingerprint density at radius 1 is 1.21 bits per heavy atom. The highest BCUT2D eigenvalue weighted by Gasteiger charge is 2.43. The number of rotatable bonds is 4. The second kappa shape index (κ2) is 7.24. The van der Waals surface area contributed by atoms with Gasteiger partial charge in [-0.05, 0) is 48.2 Å². The Hall–Kier alpha value is -2.92. The first-order valence-corrected chi connectivity index (χ1v) is 9.54. The van der Waals surface area contributed by atoms with Crippen LogP contribution in [0.1, 0.15) is 27.9 Å². The first-order chi connectivity index (χ1) is 13.5. The largest absolute Gasteiger partial charge is 0.372 e. The van der Waals surface area contributed by atoms with Crippen molar-refractivity contribution in [3.05, 3.63) is 65.7 Å². The van der Waals surface area contributed by atoms with E-state index < -0.39 is 6.04 Å². The van der Waals surface area contributed by atoms with Crippen LogP contribution in [0.3, 0.4) is 0 Å². The molecule has 1 N–H and O–H groups in total. The van der Waals surface area contributed by atoms with Gasteiger partial charge in [-0.15, -0.1) is 6.58 Å². The minimum Gasteiger partial charge on any atom is -0.372 e. The van der Waals surface area contributed by atoms with E-state index in [-0.39, 0.29) is 17.9 Å². The number of benzene rings is 2. The fraction of sp³-hybridized carbons (Fsp3) is 0.304. The Balaban J connectivity index is 1.71. The lowest BCUT2D eigenvalue weighted by Gasteiger charge is -2.20. The third kappa shape index (κ3) is 3.12. The predicted octanol–water partition coefficient (Wildman–Crippen LogP) is 3.71. The second-order valence-corrected chi connectivity index (χ2v) is 7.45. The summed E-state index contributed by atoms with van der Waals surface area (Å²) in [6.07, 6.45) is 2.03. The van der Waals surface area contributed by atoms with Gasteiger partial charge in [-0.25, -0.2) is 0 Å². The molecule has 5 heteroatoms. The maximum absolute atomic E-state index is 13.3. The van der Waals surface area contributed by atoms with Crippen LogP contribution >= 0.6 is 0 Å². The first-order valence-electron chi connectivity index (χ1n) is 9.54. The molecule has 0 unspecified atom stereocenters. The quantitative estimate of drug-likeness (QED) is 0.828. The molecular weight excluding hydrogens is 352 g/mol. The second-order valence-electron chi connectivity index (χ2n) is 7.45. The minimum absolute atomic E-state index is 0.129. The van der Waals surface area contributed by atoms with E-state index in [1.807, 2.05) is 24.3 Å². The Labute approximate surface area is 165 Å². The number of amides is 2. The topological polar surface area (TPSA) is 58.6 Å². The van der Waals surface area contributed by atoms with Gasteiger partial charge in [0.15, 0.2) is 0 Å². The van der Waals surface area contributed by atoms with E-state index in [4.69, 9.17) is 4.74 Å². The van der Waals surface area contributed by atoms with Crippen molar-refractivity contribution >= 4 is 17.5 Å². The van der Waals surface area contributed by atoms with E-state index in [0.717, 1.165) is 11.1 Å². The molecule has 4 rings (SSSR count). The molecule has 0 radical (unpaired) electrons. The van der Waals surface area contributed by atoms with E-state index in [1.54, 1.807) is 11.0 Å². The summed E-state index contributed by atoms with van der Waals surface area (Å²) in [6, 6.07) is 11.3. The molecule has 1 fully saturated rings. The van der Waals surface area contributed by atoms with Gasteiger partial charge in [0, 0.05) is 13.0 Å².